The van der Waals surface area contributed by atoms with Crippen LogP contribution in [0.15, 0.2) is 42.5 Å². The molecule has 0 aromatic heterocycles. The van der Waals surface area contributed by atoms with Gasteiger partial charge in [-0.1, -0.05) is 19.4 Å². The van der Waals surface area contributed by atoms with Crippen LogP contribution in [0.5, 0.6) is 17.2 Å². The van der Waals surface area contributed by atoms with E-state index in [2.05, 4.69) is 12.2 Å². The van der Waals surface area contributed by atoms with Crippen molar-refractivity contribution >= 4 is 17.5 Å². The highest BCUT2D eigenvalue weighted by molar-refractivity contribution is 5.97. The molecule has 2 aromatic rings. The van der Waals surface area contributed by atoms with E-state index < -0.39 is 6.04 Å². The van der Waals surface area contributed by atoms with E-state index in [1.54, 1.807) is 26.2 Å². The van der Waals surface area contributed by atoms with E-state index in [9.17, 15) is 9.59 Å². The van der Waals surface area contributed by atoms with Crippen molar-refractivity contribution in [1.29, 1.82) is 0 Å². The summed E-state index contributed by atoms with van der Waals surface area (Å²) in [5, 5.41) is 3.06. The van der Waals surface area contributed by atoms with Crippen LogP contribution in [0.2, 0.25) is 0 Å². The van der Waals surface area contributed by atoms with Gasteiger partial charge in [-0.2, -0.15) is 0 Å². The van der Waals surface area contributed by atoms with Crippen molar-refractivity contribution in [3.63, 3.8) is 0 Å². The molecule has 0 spiro atoms. The highest BCUT2D eigenvalue weighted by atomic mass is 16.5. The highest BCUT2D eigenvalue weighted by Gasteiger charge is 2.41. The van der Waals surface area contributed by atoms with Crippen LogP contribution in [0, 0.1) is 5.92 Å². The Morgan fingerprint density at radius 2 is 1.75 bits per heavy atom. The summed E-state index contributed by atoms with van der Waals surface area (Å²) in [6.45, 7) is 2.71. The smallest absolute Gasteiger partial charge is 0.227 e. The summed E-state index contributed by atoms with van der Waals surface area (Å²) in [6.07, 6.45) is 2.71. The van der Waals surface area contributed by atoms with Crippen LogP contribution in [0.4, 0.5) is 5.69 Å². The number of hydrogen-bond donors (Lipinski definition) is 1. The van der Waals surface area contributed by atoms with Crippen molar-refractivity contribution in [1.82, 2.24) is 5.32 Å². The minimum absolute atomic E-state index is 0.0208. The molecule has 1 saturated heterocycles. The molecule has 32 heavy (non-hydrogen) atoms. The first-order chi connectivity index (χ1) is 15.5. The number of piperidine rings is 1. The first-order valence-electron chi connectivity index (χ1n) is 11.0. The molecule has 3 rings (SSSR count). The Labute approximate surface area is 189 Å². The Balaban J connectivity index is 2.05. The average Bonchev–Trinajstić information content (AvgIpc) is 2.83. The van der Waals surface area contributed by atoms with Crippen LogP contribution in [0.1, 0.15) is 44.2 Å². The van der Waals surface area contributed by atoms with E-state index in [-0.39, 0.29) is 17.7 Å². The lowest BCUT2D eigenvalue weighted by atomic mass is 9.83. The zero-order valence-corrected chi connectivity index (χ0v) is 19.2. The van der Waals surface area contributed by atoms with E-state index >= 15 is 0 Å². The van der Waals surface area contributed by atoms with Gasteiger partial charge in [-0.25, -0.2) is 0 Å². The summed E-state index contributed by atoms with van der Waals surface area (Å²) in [6, 6.07) is 12.4. The molecular weight excluding hydrogens is 408 g/mol. The van der Waals surface area contributed by atoms with Gasteiger partial charge < -0.3 is 24.4 Å². The lowest BCUT2D eigenvalue weighted by molar-refractivity contribution is -0.129. The maximum atomic E-state index is 13.2. The Bertz CT molecular complexity index is 928. The summed E-state index contributed by atoms with van der Waals surface area (Å²) in [5.41, 5.74) is 1.55. The predicted molar refractivity (Wildman–Crippen MR) is 123 cm³/mol. The van der Waals surface area contributed by atoms with Gasteiger partial charge in [0, 0.05) is 18.7 Å². The van der Waals surface area contributed by atoms with E-state index in [1.807, 2.05) is 42.5 Å². The number of carbonyl (C=O) groups excluding carboxylic acids is 2. The third-order valence-electron chi connectivity index (χ3n) is 5.86. The van der Waals surface area contributed by atoms with Gasteiger partial charge >= 0.3 is 0 Å². The minimum Gasteiger partial charge on any atom is -0.497 e. The second-order valence-electron chi connectivity index (χ2n) is 7.81. The molecule has 2 aromatic carbocycles. The molecule has 2 atom stereocenters. The Hall–Kier alpha value is -3.22. The zero-order valence-electron chi connectivity index (χ0n) is 19.2. The molecule has 1 aliphatic rings. The van der Waals surface area contributed by atoms with Crippen molar-refractivity contribution < 1.29 is 23.8 Å². The van der Waals surface area contributed by atoms with Crippen LogP contribution in [-0.2, 0) is 9.59 Å². The molecule has 1 fully saturated rings. The van der Waals surface area contributed by atoms with Gasteiger partial charge in [0.25, 0.3) is 0 Å². The molecule has 172 valence electrons. The number of unbranched alkanes of at least 4 members (excludes halogenated alkanes) is 1. The third kappa shape index (κ3) is 4.98. The SMILES string of the molecule is CCCCNC(=O)[C@H]1CCC(=O)N(c2ccc(OC)cc2)[C@H]1c1ccc(OC)c(OC)c1. The Morgan fingerprint density at radius 3 is 2.38 bits per heavy atom. The standard InChI is InChI=1S/C25H32N2O5/c1-5-6-15-26-25(29)20-12-14-23(28)27(18-8-10-19(30-2)11-9-18)24(20)17-7-13-21(31-3)22(16-17)32-4/h7-11,13,16,20,24H,5-6,12,14-15H2,1-4H3,(H,26,29)/t20-,24-/m0/s1. The molecular formula is C25H32N2O5. The summed E-state index contributed by atoms with van der Waals surface area (Å²) in [4.78, 5) is 28.1. The zero-order chi connectivity index (χ0) is 23.1. The van der Waals surface area contributed by atoms with Crippen molar-refractivity contribution in [3.05, 3.63) is 48.0 Å². The van der Waals surface area contributed by atoms with Crippen molar-refractivity contribution in [2.45, 2.75) is 38.6 Å². The fourth-order valence-electron chi connectivity index (χ4n) is 4.15. The molecule has 0 unspecified atom stereocenters. The molecule has 0 aliphatic carbocycles. The summed E-state index contributed by atoms with van der Waals surface area (Å²) in [5.74, 6) is 1.41. The molecule has 7 heteroatoms. The highest BCUT2D eigenvalue weighted by Crippen LogP contribution is 2.42. The third-order valence-corrected chi connectivity index (χ3v) is 5.86. The molecule has 1 aliphatic heterocycles. The van der Waals surface area contributed by atoms with Gasteiger partial charge in [0.05, 0.1) is 33.3 Å². The van der Waals surface area contributed by atoms with Crippen molar-refractivity contribution in [2.75, 3.05) is 32.8 Å². The number of methoxy groups -OCH3 is 3. The van der Waals surface area contributed by atoms with Gasteiger partial charge in [-0.05, 0) is 54.8 Å². The number of nitrogens with one attached hydrogen (secondary N) is 1. The number of amides is 2. The second-order valence-corrected chi connectivity index (χ2v) is 7.81. The summed E-state index contributed by atoms with van der Waals surface area (Å²) >= 11 is 0. The lowest BCUT2D eigenvalue weighted by Crippen LogP contribution is -2.48. The predicted octanol–water partition coefficient (Wildman–Crippen LogP) is 4.11. The molecule has 0 saturated carbocycles. The fraction of sp³-hybridized carbons (Fsp3) is 0.440. The fourth-order valence-corrected chi connectivity index (χ4v) is 4.15. The van der Waals surface area contributed by atoms with Gasteiger partial charge in [0.2, 0.25) is 11.8 Å². The Kier molecular flexibility index (Phi) is 7.98. The number of anilines is 1. The average molecular weight is 441 g/mol. The minimum atomic E-state index is -0.467. The molecule has 7 nitrogen and oxygen atoms in total. The largest absolute Gasteiger partial charge is 0.497 e. The normalized spacial score (nSPS) is 18.2. The van der Waals surface area contributed by atoms with E-state index in [4.69, 9.17) is 14.2 Å². The molecule has 0 bridgehead atoms. The quantitative estimate of drug-likeness (QED) is 0.594. The van der Waals surface area contributed by atoms with Crippen LogP contribution in [0.25, 0.3) is 0 Å². The number of benzene rings is 2. The van der Waals surface area contributed by atoms with Crippen LogP contribution >= 0.6 is 0 Å². The van der Waals surface area contributed by atoms with Gasteiger partial charge in [-0.3, -0.25) is 9.59 Å². The van der Waals surface area contributed by atoms with Gasteiger partial charge in [0.1, 0.15) is 5.75 Å². The number of nitrogens with zero attached hydrogens (tertiary/aromatic N) is 1. The van der Waals surface area contributed by atoms with Crippen LogP contribution in [0.3, 0.4) is 0 Å². The molecule has 1 heterocycles. The first-order valence-corrected chi connectivity index (χ1v) is 11.0. The topological polar surface area (TPSA) is 77.1 Å². The number of rotatable bonds is 9. The number of carbonyl (C=O) groups is 2. The first kappa shape index (κ1) is 23.4. The van der Waals surface area contributed by atoms with Crippen molar-refractivity contribution in [3.8, 4) is 17.2 Å². The Morgan fingerprint density at radius 1 is 1.03 bits per heavy atom. The molecule has 2 amide bonds. The van der Waals surface area contributed by atoms with E-state index in [1.165, 1.54) is 0 Å². The van der Waals surface area contributed by atoms with Gasteiger partial charge in [-0.15, -0.1) is 0 Å². The number of ether oxygens (including phenoxy) is 3. The maximum absolute atomic E-state index is 13.2. The number of hydrogen-bond acceptors (Lipinski definition) is 5. The maximum Gasteiger partial charge on any atom is 0.227 e. The monoisotopic (exact) mass is 440 g/mol. The summed E-state index contributed by atoms with van der Waals surface area (Å²) < 4.78 is 16.1. The van der Waals surface area contributed by atoms with Gasteiger partial charge in [0.15, 0.2) is 11.5 Å². The molecule has 0 radical (unpaired) electrons. The van der Waals surface area contributed by atoms with Crippen molar-refractivity contribution in [2.24, 2.45) is 5.92 Å². The summed E-state index contributed by atoms with van der Waals surface area (Å²) in [7, 11) is 4.75. The second kappa shape index (κ2) is 10.9. The van der Waals surface area contributed by atoms with Crippen LogP contribution in [-0.4, -0.2) is 39.7 Å². The van der Waals surface area contributed by atoms with E-state index in [0.717, 1.165) is 24.1 Å². The van der Waals surface area contributed by atoms with E-state index in [0.29, 0.717) is 36.6 Å². The van der Waals surface area contributed by atoms with Crippen LogP contribution < -0.4 is 24.4 Å². The molecule has 1 N–H and O–H groups in total. The lowest BCUT2D eigenvalue weighted by Gasteiger charge is -2.41.